The van der Waals surface area contributed by atoms with E-state index in [0.29, 0.717) is 39.0 Å². The third-order valence-electron chi connectivity index (χ3n) is 9.36. The monoisotopic (exact) mass is 615 g/mol. The molecule has 2 aromatic carbocycles. The fourth-order valence-electron chi connectivity index (χ4n) is 7.63. The van der Waals surface area contributed by atoms with Crippen LogP contribution in [-0.2, 0) is 27.5 Å². The van der Waals surface area contributed by atoms with Crippen molar-refractivity contribution in [3.63, 3.8) is 0 Å². The van der Waals surface area contributed by atoms with E-state index in [4.69, 9.17) is 0 Å². The molecule has 44 heavy (non-hydrogen) atoms. The molecule has 2 unspecified atom stereocenters. The summed E-state index contributed by atoms with van der Waals surface area (Å²) in [6.45, 7) is 13.2. The molecule has 1 spiro atoms. The molecular formula is C36H45N3O4S. The van der Waals surface area contributed by atoms with Gasteiger partial charge in [0.2, 0.25) is 17.7 Å². The fraction of sp³-hybridized carbons (Fsp3) is 0.472. The minimum atomic E-state index is -0.769. The Labute approximate surface area is 266 Å². The van der Waals surface area contributed by atoms with Gasteiger partial charge < -0.3 is 19.8 Å². The normalized spacial score (nSPS) is 26.0. The molecule has 1 N–H and O–H groups in total. The number of likely N-dealkylation sites (tertiary alicyclic amines) is 1. The van der Waals surface area contributed by atoms with Gasteiger partial charge in [0.1, 0.15) is 6.04 Å². The summed E-state index contributed by atoms with van der Waals surface area (Å²) in [5.74, 6) is -1.33. The number of thioether (sulfide) groups is 1. The van der Waals surface area contributed by atoms with Crippen molar-refractivity contribution in [1.29, 1.82) is 0 Å². The Kier molecular flexibility index (Phi) is 10.0. The molecule has 7 nitrogen and oxygen atoms in total. The van der Waals surface area contributed by atoms with Gasteiger partial charge in [0, 0.05) is 31.4 Å². The second-order valence-electron chi connectivity index (χ2n) is 12.8. The van der Waals surface area contributed by atoms with E-state index in [0.717, 1.165) is 17.5 Å². The number of amides is 3. The Hall–Kier alpha value is -3.36. The van der Waals surface area contributed by atoms with Crippen LogP contribution in [0.2, 0.25) is 0 Å². The highest BCUT2D eigenvalue weighted by molar-refractivity contribution is 8.02. The van der Waals surface area contributed by atoms with Crippen molar-refractivity contribution < 1.29 is 19.5 Å². The minimum absolute atomic E-state index is 0.0448. The van der Waals surface area contributed by atoms with Crippen LogP contribution in [-0.4, -0.2) is 79.3 Å². The number of rotatable bonds is 14. The van der Waals surface area contributed by atoms with Crippen molar-refractivity contribution in [1.82, 2.24) is 14.7 Å². The van der Waals surface area contributed by atoms with Crippen molar-refractivity contribution in [2.45, 2.75) is 68.3 Å². The summed E-state index contributed by atoms with van der Waals surface area (Å²) < 4.78 is -0.730. The molecule has 3 amide bonds. The predicted octanol–water partition coefficient (Wildman–Crippen LogP) is 4.91. The van der Waals surface area contributed by atoms with Gasteiger partial charge in [-0.15, -0.1) is 24.9 Å². The Balaban J connectivity index is 1.54. The van der Waals surface area contributed by atoms with Crippen molar-refractivity contribution >= 4 is 29.5 Å². The summed E-state index contributed by atoms with van der Waals surface area (Å²) in [6.07, 6.45) is 5.47. The summed E-state index contributed by atoms with van der Waals surface area (Å²) in [4.78, 5) is 49.1. The second-order valence-corrected chi connectivity index (χ2v) is 14.4. The van der Waals surface area contributed by atoms with E-state index in [1.807, 2.05) is 60.7 Å². The number of aliphatic hydroxyl groups excluding tert-OH is 1. The number of aliphatic hydroxyl groups is 1. The zero-order valence-corrected chi connectivity index (χ0v) is 26.7. The highest BCUT2D eigenvalue weighted by atomic mass is 32.2. The molecule has 2 bridgehead atoms. The predicted molar refractivity (Wildman–Crippen MR) is 175 cm³/mol. The quantitative estimate of drug-likeness (QED) is 0.306. The molecule has 6 atom stereocenters. The first kappa shape index (κ1) is 32.0. The van der Waals surface area contributed by atoms with Crippen LogP contribution >= 0.6 is 11.8 Å². The highest BCUT2D eigenvalue weighted by Gasteiger charge is 2.74. The van der Waals surface area contributed by atoms with E-state index < -0.39 is 28.7 Å². The summed E-state index contributed by atoms with van der Waals surface area (Å²) in [5, 5.41) is 10.6. The number of carbonyl (C=O) groups excluding carboxylic acids is 3. The Morgan fingerprint density at radius 1 is 0.977 bits per heavy atom. The molecule has 3 aliphatic rings. The van der Waals surface area contributed by atoms with E-state index in [1.165, 1.54) is 0 Å². The number of hydrogen-bond acceptors (Lipinski definition) is 5. The molecule has 0 radical (unpaired) electrons. The summed E-state index contributed by atoms with van der Waals surface area (Å²) in [5.41, 5.74) is 2.00. The minimum Gasteiger partial charge on any atom is -0.394 e. The molecular weight excluding hydrogens is 570 g/mol. The average Bonchev–Trinajstić information content (AvgIpc) is 3.67. The summed E-state index contributed by atoms with van der Waals surface area (Å²) >= 11 is 1.67. The zero-order chi connectivity index (χ0) is 31.4. The summed E-state index contributed by atoms with van der Waals surface area (Å²) in [6, 6.07) is 18.4. The molecule has 234 valence electrons. The third kappa shape index (κ3) is 5.98. The van der Waals surface area contributed by atoms with Crippen LogP contribution in [0.4, 0.5) is 0 Å². The topological polar surface area (TPSA) is 81.2 Å². The third-order valence-corrected chi connectivity index (χ3v) is 11.3. The van der Waals surface area contributed by atoms with Gasteiger partial charge in [-0.05, 0) is 36.3 Å². The van der Waals surface area contributed by atoms with Gasteiger partial charge in [0.15, 0.2) is 0 Å². The summed E-state index contributed by atoms with van der Waals surface area (Å²) in [7, 11) is 0. The molecule has 3 aliphatic heterocycles. The first-order valence-corrected chi connectivity index (χ1v) is 16.6. The molecule has 0 aliphatic carbocycles. The van der Waals surface area contributed by atoms with E-state index in [2.05, 4.69) is 27.0 Å². The van der Waals surface area contributed by atoms with Crippen molar-refractivity contribution in [3.05, 3.63) is 97.1 Å². The molecule has 3 saturated heterocycles. The maximum Gasteiger partial charge on any atom is 0.247 e. The zero-order valence-electron chi connectivity index (χ0n) is 25.9. The van der Waals surface area contributed by atoms with Crippen LogP contribution in [0.5, 0.6) is 0 Å². The van der Waals surface area contributed by atoms with E-state index in [-0.39, 0.29) is 35.5 Å². The number of nitrogens with zero attached hydrogens (tertiary/aromatic N) is 3. The van der Waals surface area contributed by atoms with Gasteiger partial charge in [-0.25, -0.2) is 0 Å². The van der Waals surface area contributed by atoms with Crippen LogP contribution < -0.4 is 0 Å². The van der Waals surface area contributed by atoms with Gasteiger partial charge in [0.05, 0.1) is 29.2 Å². The van der Waals surface area contributed by atoms with E-state index >= 15 is 0 Å². The Morgan fingerprint density at radius 2 is 1.52 bits per heavy atom. The molecule has 8 heteroatoms. The maximum absolute atomic E-state index is 14.8. The highest BCUT2D eigenvalue weighted by Crippen LogP contribution is 2.67. The molecule has 3 fully saturated rings. The number of carbonyl (C=O) groups is 3. The SMILES string of the molecule is C=CCN(Cc1ccccc1)C(=O)C1N([C@@H](CO)CC(C)C)C(=O)[C@@H]2[C@H](C(=O)N(CC=C)Cc3ccccc3)[C@@H]3CCC12S3. The van der Waals surface area contributed by atoms with Gasteiger partial charge >= 0.3 is 0 Å². The Morgan fingerprint density at radius 3 is 2.02 bits per heavy atom. The van der Waals surface area contributed by atoms with Crippen molar-refractivity contribution in [2.75, 3.05) is 19.7 Å². The van der Waals surface area contributed by atoms with Crippen molar-refractivity contribution in [2.24, 2.45) is 17.8 Å². The number of benzene rings is 2. The first-order valence-electron chi connectivity index (χ1n) is 15.7. The molecule has 5 rings (SSSR count). The lowest BCUT2D eigenvalue weighted by molar-refractivity contribution is -0.147. The largest absolute Gasteiger partial charge is 0.394 e. The molecule has 2 aromatic rings. The van der Waals surface area contributed by atoms with E-state index in [1.54, 1.807) is 38.6 Å². The van der Waals surface area contributed by atoms with Crippen LogP contribution in [0.15, 0.2) is 86.0 Å². The van der Waals surface area contributed by atoms with Gasteiger partial charge in [-0.1, -0.05) is 86.7 Å². The number of fused-ring (bicyclic) bond motifs is 1. The lowest BCUT2D eigenvalue weighted by Crippen LogP contribution is -2.57. The van der Waals surface area contributed by atoms with Crippen LogP contribution in [0.25, 0.3) is 0 Å². The second kappa shape index (κ2) is 13.7. The first-order chi connectivity index (χ1) is 21.2. The van der Waals surface area contributed by atoms with Gasteiger partial charge in [0.25, 0.3) is 0 Å². The van der Waals surface area contributed by atoms with Crippen molar-refractivity contribution in [3.8, 4) is 0 Å². The van der Waals surface area contributed by atoms with Gasteiger partial charge in [-0.2, -0.15) is 0 Å². The maximum atomic E-state index is 14.8. The van der Waals surface area contributed by atoms with Crippen LogP contribution in [0, 0.1) is 17.8 Å². The fourth-order valence-corrected chi connectivity index (χ4v) is 9.83. The smallest absolute Gasteiger partial charge is 0.247 e. The average molecular weight is 616 g/mol. The molecule has 0 aromatic heterocycles. The Bertz CT molecular complexity index is 1350. The van der Waals surface area contributed by atoms with Crippen LogP contribution in [0.1, 0.15) is 44.2 Å². The lowest BCUT2D eigenvalue weighted by atomic mass is 9.70. The van der Waals surface area contributed by atoms with Crippen LogP contribution in [0.3, 0.4) is 0 Å². The number of hydrogen-bond donors (Lipinski definition) is 1. The standard InChI is InChI=1S/C36H45N3O4S/c1-5-19-37(22-26-13-9-7-10-14-26)33(41)30-29-17-18-36(44-29)31(30)34(42)39(28(24-40)21-25(3)4)32(36)35(43)38(20-6-2)23-27-15-11-8-12-16-27/h5-16,25,28-32,40H,1-2,17-24H2,3-4H3/t28-,29+,30-,31+,32?,36?/m1/s1. The molecule has 0 saturated carbocycles. The van der Waals surface area contributed by atoms with E-state index in [9.17, 15) is 19.5 Å². The van der Waals surface area contributed by atoms with Gasteiger partial charge in [-0.3, -0.25) is 14.4 Å². The lowest BCUT2D eigenvalue weighted by Gasteiger charge is -2.40. The molecule has 3 heterocycles.